The summed E-state index contributed by atoms with van der Waals surface area (Å²) in [5.41, 5.74) is -0.900. The highest BCUT2D eigenvalue weighted by molar-refractivity contribution is 5.75. The van der Waals surface area contributed by atoms with Crippen LogP contribution in [0.2, 0.25) is 0 Å². The van der Waals surface area contributed by atoms with Gasteiger partial charge in [-0.3, -0.25) is 4.79 Å². The first-order chi connectivity index (χ1) is 20.6. The van der Waals surface area contributed by atoms with E-state index in [1.807, 2.05) is 41.5 Å². The van der Waals surface area contributed by atoms with Crippen LogP contribution < -0.4 is 0 Å². The van der Waals surface area contributed by atoms with Crippen LogP contribution in [0.4, 0.5) is 0 Å². The summed E-state index contributed by atoms with van der Waals surface area (Å²) < 4.78 is 30.1. The van der Waals surface area contributed by atoms with E-state index in [2.05, 4.69) is 6.92 Å². The highest BCUT2D eigenvalue weighted by Gasteiger charge is 2.44. The summed E-state index contributed by atoms with van der Waals surface area (Å²) in [5, 5.41) is 10.6. The second-order valence-corrected chi connectivity index (χ2v) is 13.6. The molecule has 0 saturated carbocycles. The molecule has 1 fully saturated rings. The Bertz CT molecular complexity index is 674. The number of rotatable bonds is 16. The zero-order valence-corrected chi connectivity index (χ0v) is 29.2. The van der Waals surface area contributed by atoms with Crippen molar-refractivity contribution in [1.29, 1.82) is 0 Å². The molecule has 1 heterocycles. The Morgan fingerprint density at radius 2 is 0.860 bits per heavy atom. The molecule has 1 aliphatic rings. The molecule has 1 N–H and O–H groups in total. The number of carbonyl (C=O) groups is 1. The van der Waals surface area contributed by atoms with Crippen molar-refractivity contribution in [2.45, 2.75) is 182 Å². The normalized spacial score (nSPS) is 30.9. The van der Waals surface area contributed by atoms with Gasteiger partial charge in [0.1, 0.15) is 0 Å². The third kappa shape index (κ3) is 18.7. The fourth-order valence-corrected chi connectivity index (χ4v) is 6.02. The molecule has 256 valence electrons. The number of hydrogen-bond acceptors (Lipinski definition) is 6. The first-order valence-corrected chi connectivity index (χ1v) is 17.9. The van der Waals surface area contributed by atoms with Gasteiger partial charge in [0.05, 0.1) is 69.0 Å². The second-order valence-electron chi connectivity index (χ2n) is 13.6. The summed E-state index contributed by atoms with van der Waals surface area (Å²) in [6, 6.07) is 0. The Morgan fingerprint density at radius 3 is 1.23 bits per heavy atom. The van der Waals surface area contributed by atoms with Gasteiger partial charge in [-0.15, -0.1) is 0 Å². The van der Waals surface area contributed by atoms with Crippen LogP contribution in [-0.2, 0) is 28.5 Å². The molecule has 0 radical (unpaired) electrons. The molecule has 1 rings (SSSR count). The second kappa shape index (κ2) is 24.5. The van der Waals surface area contributed by atoms with Crippen molar-refractivity contribution in [2.24, 2.45) is 11.3 Å². The maximum atomic E-state index is 13.0. The molecule has 1 aliphatic heterocycles. The number of aliphatic carboxylic acids is 1. The molecule has 7 unspecified atom stereocenters. The van der Waals surface area contributed by atoms with Crippen LogP contribution in [0.5, 0.6) is 0 Å². The fraction of sp³-hybridized carbons (Fsp3) is 0.972. The van der Waals surface area contributed by atoms with Crippen molar-refractivity contribution in [3.63, 3.8) is 0 Å². The van der Waals surface area contributed by atoms with E-state index in [9.17, 15) is 9.90 Å². The van der Waals surface area contributed by atoms with Gasteiger partial charge < -0.3 is 28.8 Å². The van der Waals surface area contributed by atoms with Gasteiger partial charge in [0, 0.05) is 0 Å². The number of unbranched alkanes of at least 4 members (excludes halogenated alkanes) is 13. The van der Waals surface area contributed by atoms with Crippen LogP contribution in [0.25, 0.3) is 0 Å². The third-order valence-corrected chi connectivity index (χ3v) is 9.09. The van der Waals surface area contributed by atoms with E-state index >= 15 is 0 Å². The van der Waals surface area contributed by atoms with Gasteiger partial charge in [0.25, 0.3) is 0 Å². The predicted molar refractivity (Wildman–Crippen MR) is 176 cm³/mol. The maximum absolute atomic E-state index is 13.0. The van der Waals surface area contributed by atoms with Crippen molar-refractivity contribution in [2.75, 3.05) is 33.0 Å². The minimum absolute atomic E-state index is 0.0518. The van der Waals surface area contributed by atoms with E-state index < -0.39 is 11.4 Å². The lowest BCUT2D eigenvalue weighted by Crippen LogP contribution is -2.43. The fourth-order valence-electron chi connectivity index (χ4n) is 6.02. The molecule has 0 bridgehead atoms. The van der Waals surface area contributed by atoms with Crippen molar-refractivity contribution in [3.8, 4) is 0 Å². The van der Waals surface area contributed by atoms with Crippen molar-refractivity contribution < 1.29 is 33.6 Å². The van der Waals surface area contributed by atoms with Gasteiger partial charge in [-0.2, -0.15) is 0 Å². The molecule has 7 heteroatoms. The van der Waals surface area contributed by atoms with Crippen LogP contribution in [0.15, 0.2) is 0 Å². The van der Waals surface area contributed by atoms with E-state index in [1.165, 1.54) is 77.0 Å². The molecule has 0 aliphatic carbocycles. The topological polar surface area (TPSA) is 83.5 Å². The molecule has 0 aromatic heterocycles. The largest absolute Gasteiger partial charge is 0.481 e. The summed E-state index contributed by atoms with van der Waals surface area (Å²) >= 11 is 0. The Hall–Kier alpha value is -0.730. The van der Waals surface area contributed by atoms with E-state index in [0.717, 1.165) is 12.8 Å². The molecule has 43 heavy (non-hydrogen) atoms. The Balaban J connectivity index is 2.64. The summed E-state index contributed by atoms with van der Waals surface area (Å²) in [4.78, 5) is 13.0. The lowest BCUT2D eigenvalue weighted by Gasteiger charge is -2.38. The van der Waals surface area contributed by atoms with Gasteiger partial charge in [0.15, 0.2) is 0 Å². The first kappa shape index (κ1) is 40.3. The smallest absolute Gasteiger partial charge is 0.310 e. The predicted octanol–water partition coefficient (Wildman–Crippen LogP) is 8.99. The first-order valence-electron chi connectivity index (χ1n) is 17.9. The lowest BCUT2D eigenvalue weighted by molar-refractivity contribution is -0.161. The van der Waals surface area contributed by atoms with Gasteiger partial charge in [-0.25, -0.2) is 0 Å². The van der Waals surface area contributed by atoms with Crippen LogP contribution in [0.1, 0.15) is 151 Å². The molecule has 0 aromatic rings. The third-order valence-electron chi connectivity index (χ3n) is 9.09. The molecule has 0 spiro atoms. The summed E-state index contributed by atoms with van der Waals surface area (Å²) in [6.45, 7) is 16.4. The van der Waals surface area contributed by atoms with Gasteiger partial charge in [0.2, 0.25) is 0 Å². The van der Waals surface area contributed by atoms with E-state index in [-0.39, 0.29) is 36.4 Å². The van der Waals surface area contributed by atoms with Gasteiger partial charge in [-0.05, 0) is 53.4 Å². The summed E-state index contributed by atoms with van der Waals surface area (Å²) in [7, 11) is 0. The number of carboxylic acid groups (broad SMARTS) is 1. The molecule has 0 amide bonds. The zero-order chi connectivity index (χ0) is 31.9. The van der Waals surface area contributed by atoms with E-state index in [4.69, 9.17) is 23.7 Å². The van der Waals surface area contributed by atoms with Crippen molar-refractivity contribution >= 4 is 5.97 Å². The van der Waals surface area contributed by atoms with Gasteiger partial charge in [-0.1, -0.05) is 104 Å². The van der Waals surface area contributed by atoms with Crippen LogP contribution >= 0.6 is 0 Å². The Kier molecular flexibility index (Phi) is 23.0. The van der Waals surface area contributed by atoms with Crippen LogP contribution in [0, 0.1) is 11.3 Å². The molecule has 0 aromatic carbocycles. The number of ether oxygens (including phenoxy) is 5. The molecule has 7 atom stereocenters. The van der Waals surface area contributed by atoms with E-state index in [0.29, 0.717) is 45.9 Å². The van der Waals surface area contributed by atoms with Crippen molar-refractivity contribution in [1.82, 2.24) is 0 Å². The Morgan fingerprint density at radius 1 is 0.535 bits per heavy atom. The Labute approximate surface area is 265 Å². The minimum Gasteiger partial charge on any atom is -0.481 e. The van der Waals surface area contributed by atoms with Gasteiger partial charge >= 0.3 is 5.97 Å². The highest BCUT2D eigenvalue weighted by atomic mass is 16.6. The molecule has 1 saturated heterocycles. The molecule has 7 nitrogen and oxygen atoms in total. The highest BCUT2D eigenvalue weighted by Crippen LogP contribution is 2.40. The van der Waals surface area contributed by atoms with E-state index in [1.54, 1.807) is 0 Å². The minimum atomic E-state index is -0.900. The summed E-state index contributed by atoms with van der Waals surface area (Å²) in [6.07, 6.45) is 18.6. The SMILES string of the molecule is CCCCCCCCCCCCCCCCC1(C(=O)O)CC(C)OCC(C)OCC(C)OCC(C)OCC(C)OCC1C. The molecular weight excluding hydrogens is 544 g/mol. The number of carboxylic acids is 1. The van der Waals surface area contributed by atoms with Crippen LogP contribution in [-0.4, -0.2) is 74.6 Å². The quantitative estimate of drug-likeness (QED) is 0.174. The lowest BCUT2D eigenvalue weighted by atomic mass is 9.69. The maximum Gasteiger partial charge on any atom is 0.310 e. The molecular formula is C36H70O7. The monoisotopic (exact) mass is 615 g/mol. The number of hydrogen-bond donors (Lipinski definition) is 1. The average Bonchev–Trinajstić information content (AvgIpc) is 2.98. The summed E-state index contributed by atoms with van der Waals surface area (Å²) in [5.74, 6) is -0.898. The average molecular weight is 615 g/mol. The van der Waals surface area contributed by atoms with Crippen LogP contribution in [0.3, 0.4) is 0 Å². The standard InChI is InChI=1S/C36H70O7/c1-8-9-10-11-12-13-14-15-16-17-18-19-20-21-22-36(35(37)38)23-30(3)40-25-32(5)42-27-34(7)43-28-33(6)41-26-31(4)39-24-29(36)2/h29-34H,8-28H2,1-7H3,(H,37,38). The van der Waals surface area contributed by atoms with Crippen molar-refractivity contribution in [3.05, 3.63) is 0 Å². The zero-order valence-electron chi connectivity index (χ0n) is 29.2.